The van der Waals surface area contributed by atoms with Crippen molar-refractivity contribution >= 4 is 33.2 Å². The fourth-order valence-electron chi connectivity index (χ4n) is 3.45. The van der Waals surface area contributed by atoms with Crippen LogP contribution < -0.4 is 10.8 Å². The van der Waals surface area contributed by atoms with Gasteiger partial charge in [0.05, 0.1) is 35.4 Å². The lowest BCUT2D eigenvalue weighted by Crippen LogP contribution is -2.39. The van der Waals surface area contributed by atoms with Gasteiger partial charge in [-0.1, -0.05) is 0 Å². The Bertz CT molecular complexity index is 1240. The number of hydroxylamine groups is 1. The van der Waals surface area contributed by atoms with Gasteiger partial charge in [-0.25, -0.2) is 33.0 Å². The average Bonchev–Trinajstić information content (AvgIpc) is 3.11. The van der Waals surface area contributed by atoms with Gasteiger partial charge in [0.25, 0.3) is 0 Å². The van der Waals surface area contributed by atoms with Crippen molar-refractivity contribution < 1.29 is 22.4 Å². The SMILES string of the molecule is CONCC1N=C(Nc2cc3sc(C)nc3cc2C)N(Cc2cc(F)c(F)c(F)c2)C=C1F. The minimum absolute atomic E-state index is 0.0731. The summed E-state index contributed by atoms with van der Waals surface area (Å²) < 4.78 is 56.5. The van der Waals surface area contributed by atoms with Crippen molar-refractivity contribution in [3.05, 3.63) is 69.9 Å². The van der Waals surface area contributed by atoms with E-state index in [0.29, 0.717) is 0 Å². The fourth-order valence-corrected chi connectivity index (χ4v) is 4.30. The number of aliphatic imine (C=N–C) groups is 1. The lowest BCUT2D eigenvalue weighted by atomic mass is 10.1. The second kappa shape index (κ2) is 9.46. The Morgan fingerprint density at radius 3 is 2.52 bits per heavy atom. The summed E-state index contributed by atoms with van der Waals surface area (Å²) in [4.78, 5) is 15.1. The minimum Gasteiger partial charge on any atom is -0.326 e. The number of thiazole rings is 1. The maximum atomic E-state index is 14.7. The topological polar surface area (TPSA) is 61.8 Å². The molecule has 2 heterocycles. The molecule has 1 aliphatic rings. The summed E-state index contributed by atoms with van der Waals surface area (Å²) in [6.45, 7) is 3.75. The zero-order valence-corrected chi connectivity index (χ0v) is 18.9. The van der Waals surface area contributed by atoms with Crippen LogP contribution in [0.2, 0.25) is 0 Å². The highest BCUT2D eigenvalue weighted by atomic mass is 32.1. The van der Waals surface area contributed by atoms with Crippen LogP contribution in [0.25, 0.3) is 10.2 Å². The molecule has 1 aliphatic heterocycles. The molecule has 6 nitrogen and oxygen atoms in total. The number of benzene rings is 2. The maximum absolute atomic E-state index is 14.7. The first-order valence-electron chi connectivity index (χ1n) is 10.0. The molecule has 0 saturated carbocycles. The predicted octanol–water partition coefficient (Wildman–Crippen LogP) is 4.94. The van der Waals surface area contributed by atoms with Crippen LogP contribution in [-0.4, -0.2) is 35.5 Å². The van der Waals surface area contributed by atoms with Crippen molar-refractivity contribution in [1.82, 2.24) is 15.4 Å². The summed E-state index contributed by atoms with van der Waals surface area (Å²) in [6.07, 6.45) is 1.20. The first-order chi connectivity index (χ1) is 15.7. The molecule has 1 aromatic heterocycles. The highest BCUT2D eigenvalue weighted by Crippen LogP contribution is 2.29. The van der Waals surface area contributed by atoms with Crippen molar-refractivity contribution in [2.75, 3.05) is 19.0 Å². The molecule has 0 aliphatic carbocycles. The van der Waals surface area contributed by atoms with Gasteiger partial charge in [-0.15, -0.1) is 11.3 Å². The lowest BCUT2D eigenvalue weighted by molar-refractivity contribution is 0.0879. The number of guanidine groups is 1. The molecule has 2 aromatic carbocycles. The minimum atomic E-state index is -1.55. The molecule has 3 aromatic rings. The Hall–Kier alpha value is -3.02. The molecular weight excluding hydrogens is 458 g/mol. The monoisotopic (exact) mass is 479 g/mol. The Balaban J connectivity index is 1.68. The molecule has 0 radical (unpaired) electrons. The number of nitrogens with one attached hydrogen (secondary N) is 2. The molecular formula is C22H21F4N5OS. The van der Waals surface area contributed by atoms with Gasteiger partial charge in [0.1, 0.15) is 11.9 Å². The van der Waals surface area contributed by atoms with Crippen LogP contribution >= 0.6 is 11.3 Å². The molecule has 1 unspecified atom stereocenters. The normalized spacial score (nSPS) is 16.2. The number of aromatic nitrogens is 1. The smallest absolute Gasteiger partial charge is 0.203 e. The van der Waals surface area contributed by atoms with Crippen molar-refractivity contribution in [1.29, 1.82) is 0 Å². The van der Waals surface area contributed by atoms with E-state index in [4.69, 9.17) is 4.84 Å². The van der Waals surface area contributed by atoms with E-state index < -0.39 is 29.3 Å². The van der Waals surface area contributed by atoms with Gasteiger partial charge in [-0.2, -0.15) is 0 Å². The first kappa shape index (κ1) is 23.1. The number of hydrogen-bond donors (Lipinski definition) is 2. The van der Waals surface area contributed by atoms with Crippen molar-refractivity contribution in [3.8, 4) is 0 Å². The van der Waals surface area contributed by atoms with Crippen LogP contribution in [0.3, 0.4) is 0 Å². The van der Waals surface area contributed by atoms with E-state index in [1.54, 1.807) is 0 Å². The van der Waals surface area contributed by atoms with Gasteiger partial charge in [-0.3, -0.25) is 0 Å². The molecule has 33 heavy (non-hydrogen) atoms. The van der Waals surface area contributed by atoms with Crippen LogP contribution in [0, 0.1) is 31.3 Å². The number of rotatable bonds is 6. The molecule has 4 rings (SSSR count). The summed E-state index contributed by atoms with van der Waals surface area (Å²) in [7, 11) is 1.41. The van der Waals surface area contributed by atoms with E-state index in [1.165, 1.54) is 29.5 Å². The number of aryl methyl sites for hydroxylation is 2. The molecule has 2 N–H and O–H groups in total. The van der Waals surface area contributed by atoms with Gasteiger partial charge < -0.3 is 15.1 Å². The third kappa shape index (κ3) is 5.00. The van der Waals surface area contributed by atoms with Crippen LogP contribution in [0.1, 0.15) is 16.1 Å². The largest absolute Gasteiger partial charge is 0.326 e. The zero-order chi connectivity index (χ0) is 23.7. The van der Waals surface area contributed by atoms with E-state index in [9.17, 15) is 17.6 Å². The second-order valence-electron chi connectivity index (χ2n) is 7.53. The standard InChI is InChI=1S/C22H21F4N5OS/c1-11-4-18-20(33-12(2)28-18)7-17(11)29-22-30-19(8-27-32-3)16(25)10-31(22)9-13-5-14(23)21(26)15(24)6-13/h4-7,10,19,27H,8-9H2,1-3H3,(H,29,30). The molecule has 1 atom stereocenters. The van der Waals surface area contributed by atoms with E-state index >= 15 is 0 Å². The Labute approximate surface area is 191 Å². The molecule has 0 fully saturated rings. The van der Waals surface area contributed by atoms with Gasteiger partial charge in [0.2, 0.25) is 5.96 Å². The third-order valence-corrected chi connectivity index (χ3v) is 5.99. The summed E-state index contributed by atoms with van der Waals surface area (Å²) in [5, 5.41) is 4.13. The van der Waals surface area contributed by atoms with Crippen LogP contribution in [0.4, 0.5) is 23.2 Å². The van der Waals surface area contributed by atoms with E-state index in [0.717, 1.165) is 38.6 Å². The molecule has 11 heteroatoms. The highest BCUT2D eigenvalue weighted by Gasteiger charge is 2.25. The number of hydrogen-bond acceptors (Lipinski definition) is 7. The lowest BCUT2D eigenvalue weighted by Gasteiger charge is -2.29. The highest BCUT2D eigenvalue weighted by molar-refractivity contribution is 7.18. The molecule has 0 saturated heterocycles. The van der Waals surface area contributed by atoms with Crippen LogP contribution in [0.15, 0.2) is 41.3 Å². The van der Waals surface area contributed by atoms with Crippen molar-refractivity contribution in [2.24, 2.45) is 4.99 Å². The summed E-state index contributed by atoms with van der Waals surface area (Å²) in [5.74, 6) is -4.50. The van der Waals surface area contributed by atoms with E-state index in [2.05, 4.69) is 20.8 Å². The van der Waals surface area contributed by atoms with Crippen molar-refractivity contribution in [2.45, 2.75) is 26.4 Å². The van der Waals surface area contributed by atoms with Gasteiger partial charge >= 0.3 is 0 Å². The fraction of sp³-hybridized carbons (Fsp3) is 0.273. The van der Waals surface area contributed by atoms with Crippen LogP contribution in [-0.2, 0) is 11.4 Å². The number of fused-ring (bicyclic) bond motifs is 1. The average molecular weight is 480 g/mol. The molecule has 0 bridgehead atoms. The molecule has 0 spiro atoms. The summed E-state index contributed by atoms with van der Waals surface area (Å²) >= 11 is 1.54. The summed E-state index contributed by atoms with van der Waals surface area (Å²) in [6, 6.07) is 4.72. The van der Waals surface area contributed by atoms with Gasteiger partial charge in [-0.05, 0) is 49.2 Å². The van der Waals surface area contributed by atoms with Gasteiger partial charge in [0, 0.05) is 11.9 Å². The third-order valence-electron chi connectivity index (χ3n) is 5.05. The van der Waals surface area contributed by atoms with E-state index in [-0.39, 0.29) is 24.6 Å². The van der Waals surface area contributed by atoms with Gasteiger partial charge in [0.15, 0.2) is 17.5 Å². The first-order valence-corrected chi connectivity index (χ1v) is 10.8. The number of nitrogens with zero attached hydrogens (tertiary/aromatic N) is 3. The second-order valence-corrected chi connectivity index (χ2v) is 8.76. The summed E-state index contributed by atoms with van der Waals surface area (Å²) in [5.41, 5.74) is 5.17. The zero-order valence-electron chi connectivity index (χ0n) is 18.0. The quantitative estimate of drug-likeness (QED) is 0.298. The van der Waals surface area contributed by atoms with Crippen molar-refractivity contribution in [3.63, 3.8) is 0 Å². The van der Waals surface area contributed by atoms with Crippen LogP contribution in [0.5, 0.6) is 0 Å². The Morgan fingerprint density at radius 1 is 1.09 bits per heavy atom. The number of halogens is 4. The molecule has 0 amide bonds. The van der Waals surface area contributed by atoms with E-state index in [1.807, 2.05) is 26.0 Å². The number of anilines is 1. The molecule has 174 valence electrons. The maximum Gasteiger partial charge on any atom is 0.203 e. The predicted molar refractivity (Wildman–Crippen MR) is 120 cm³/mol. The Morgan fingerprint density at radius 2 is 1.82 bits per heavy atom. The Kier molecular flexibility index (Phi) is 6.63.